The Kier molecular flexibility index (Phi) is 5.82. The fraction of sp³-hybridized carbons (Fsp3) is 0.500. The Morgan fingerprint density at radius 1 is 1.41 bits per heavy atom. The highest BCUT2D eigenvalue weighted by molar-refractivity contribution is 8.01. The second-order valence-corrected chi connectivity index (χ2v) is 8.90. The third-order valence-electron chi connectivity index (χ3n) is 2.63. The van der Waals surface area contributed by atoms with E-state index in [9.17, 15) is 4.79 Å². The number of aromatic nitrogens is 2. The van der Waals surface area contributed by atoms with E-state index in [1.807, 2.05) is 18.5 Å². The number of thiophene rings is 1. The van der Waals surface area contributed by atoms with E-state index in [-0.39, 0.29) is 11.4 Å². The third-order valence-corrected chi connectivity index (χ3v) is 5.32. The van der Waals surface area contributed by atoms with E-state index in [2.05, 4.69) is 41.7 Å². The van der Waals surface area contributed by atoms with Crippen molar-refractivity contribution < 1.29 is 4.79 Å². The van der Waals surface area contributed by atoms with Crippen LogP contribution in [0.5, 0.6) is 0 Å². The lowest BCUT2D eigenvalue weighted by Gasteiger charge is -2.18. The zero-order chi connectivity index (χ0) is 16.2. The number of nitrogens with one attached hydrogen (secondary N) is 1. The number of carbonyl (C=O) groups is 1. The summed E-state index contributed by atoms with van der Waals surface area (Å²) in [5, 5.41) is 16.4. The normalized spacial score (nSPS) is 11.5. The maximum absolute atomic E-state index is 12.1. The summed E-state index contributed by atoms with van der Waals surface area (Å²) in [6.45, 7) is 6.87. The summed E-state index contributed by atoms with van der Waals surface area (Å²) in [7, 11) is 1.83. The predicted molar refractivity (Wildman–Crippen MR) is 94.8 cm³/mol. The van der Waals surface area contributed by atoms with Gasteiger partial charge in [0.2, 0.25) is 11.0 Å². The van der Waals surface area contributed by atoms with Gasteiger partial charge in [0.05, 0.1) is 5.75 Å². The Labute approximate surface area is 143 Å². The molecule has 0 unspecified atom stereocenters. The van der Waals surface area contributed by atoms with Gasteiger partial charge in [-0.05, 0) is 43.2 Å². The van der Waals surface area contributed by atoms with Crippen molar-refractivity contribution in [2.75, 3.05) is 18.1 Å². The molecule has 2 aromatic heterocycles. The van der Waals surface area contributed by atoms with Crippen molar-refractivity contribution >= 4 is 45.5 Å². The molecule has 0 atom stereocenters. The predicted octanol–water partition coefficient (Wildman–Crippen LogP) is 3.56. The van der Waals surface area contributed by atoms with Crippen molar-refractivity contribution in [3.05, 3.63) is 22.4 Å². The van der Waals surface area contributed by atoms with Gasteiger partial charge >= 0.3 is 0 Å². The van der Waals surface area contributed by atoms with Gasteiger partial charge in [-0.3, -0.25) is 4.79 Å². The van der Waals surface area contributed by atoms with Gasteiger partial charge in [-0.25, -0.2) is 0 Å². The van der Waals surface area contributed by atoms with Gasteiger partial charge in [0, 0.05) is 19.1 Å². The molecule has 0 bridgehead atoms. The molecule has 0 aliphatic rings. The van der Waals surface area contributed by atoms with Crippen LogP contribution in [0.4, 0.5) is 5.13 Å². The van der Waals surface area contributed by atoms with Crippen molar-refractivity contribution in [2.45, 2.75) is 37.2 Å². The average molecular weight is 357 g/mol. The Bertz CT molecular complexity index is 604. The van der Waals surface area contributed by atoms with E-state index >= 15 is 0 Å². The highest BCUT2D eigenvalue weighted by atomic mass is 32.2. The molecule has 2 rings (SSSR count). The van der Waals surface area contributed by atoms with Crippen LogP contribution >= 0.6 is 34.4 Å². The zero-order valence-electron chi connectivity index (χ0n) is 13.1. The van der Waals surface area contributed by atoms with Crippen LogP contribution in [0.15, 0.2) is 21.2 Å². The number of thioether (sulfide) groups is 1. The van der Waals surface area contributed by atoms with Crippen molar-refractivity contribution in [3.8, 4) is 0 Å². The molecule has 0 saturated carbocycles. The van der Waals surface area contributed by atoms with E-state index in [1.165, 1.54) is 28.7 Å². The number of amides is 1. The number of anilines is 1. The molecule has 120 valence electrons. The second kappa shape index (κ2) is 7.43. The third kappa shape index (κ3) is 5.58. The van der Waals surface area contributed by atoms with Gasteiger partial charge in [0.1, 0.15) is 0 Å². The summed E-state index contributed by atoms with van der Waals surface area (Å²) in [5.74, 6) is 0.474. The van der Waals surface area contributed by atoms with Crippen molar-refractivity contribution in [1.82, 2.24) is 15.1 Å². The first-order chi connectivity index (χ1) is 10.3. The molecule has 0 aliphatic carbocycles. The van der Waals surface area contributed by atoms with Crippen molar-refractivity contribution in [1.29, 1.82) is 0 Å². The summed E-state index contributed by atoms with van der Waals surface area (Å²) in [5.41, 5.74) is 1.12. The number of hydrogen-bond acceptors (Lipinski definition) is 7. The number of hydrogen-bond donors (Lipinski definition) is 1. The van der Waals surface area contributed by atoms with E-state index < -0.39 is 0 Å². The van der Waals surface area contributed by atoms with Crippen LogP contribution in [0.2, 0.25) is 0 Å². The van der Waals surface area contributed by atoms with Crippen LogP contribution in [0.3, 0.4) is 0 Å². The smallest absolute Gasteiger partial charge is 0.233 e. The van der Waals surface area contributed by atoms with E-state index in [0.29, 0.717) is 12.3 Å². The van der Waals surface area contributed by atoms with Crippen LogP contribution in [-0.4, -0.2) is 39.3 Å². The molecule has 1 amide bonds. The fourth-order valence-corrected chi connectivity index (χ4v) is 4.18. The summed E-state index contributed by atoms with van der Waals surface area (Å²) < 4.78 is 0.809. The zero-order valence-corrected chi connectivity index (χ0v) is 15.6. The Morgan fingerprint density at radius 3 is 2.82 bits per heavy atom. The molecule has 0 saturated heterocycles. The molecular weight excluding hydrogens is 336 g/mol. The Hall–Kier alpha value is -1.12. The molecule has 2 heterocycles. The van der Waals surface area contributed by atoms with Crippen LogP contribution < -0.4 is 5.32 Å². The maximum Gasteiger partial charge on any atom is 0.233 e. The summed E-state index contributed by atoms with van der Waals surface area (Å²) >= 11 is 4.56. The standard InChI is InChI=1S/C14H20N4OS3/c1-14(2,3)15-12-16-17-13(22-12)21-9-11(19)18(4)7-10-5-6-20-8-10/h5-6,8H,7,9H2,1-4H3,(H,15,16). The highest BCUT2D eigenvalue weighted by Gasteiger charge is 2.15. The Balaban J connectivity index is 1.81. The van der Waals surface area contributed by atoms with Crippen LogP contribution in [-0.2, 0) is 11.3 Å². The first-order valence-electron chi connectivity index (χ1n) is 6.83. The molecular formula is C14H20N4OS3. The van der Waals surface area contributed by atoms with E-state index in [1.54, 1.807) is 16.2 Å². The first-order valence-corrected chi connectivity index (χ1v) is 9.57. The molecule has 2 aromatic rings. The Morgan fingerprint density at radius 2 is 2.18 bits per heavy atom. The molecule has 0 aliphatic heterocycles. The van der Waals surface area contributed by atoms with E-state index in [4.69, 9.17) is 0 Å². The van der Waals surface area contributed by atoms with Crippen LogP contribution in [0.1, 0.15) is 26.3 Å². The van der Waals surface area contributed by atoms with Gasteiger partial charge < -0.3 is 10.2 Å². The van der Waals surface area contributed by atoms with Gasteiger partial charge in [0.25, 0.3) is 0 Å². The molecule has 0 fully saturated rings. The molecule has 8 heteroatoms. The van der Waals surface area contributed by atoms with E-state index in [0.717, 1.165) is 9.47 Å². The summed E-state index contributed by atoms with van der Waals surface area (Å²) in [6, 6.07) is 2.04. The van der Waals surface area contributed by atoms with Crippen molar-refractivity contribution in [3.63, 3.8) is 0 Å². The molecule has 0 spiro atoms. The fourth-order valence-electron chi connectivity index (χ4n) is 1.62. The second-order valence-electron chi connectivity index (χ2n) is 5.92. The molecule has 0 aromatic carbocycles. The maximum atomic E-state index is 12.1. The topological polar surface area (TPSA) is 58.1 Å². The number of nitrogens with zero attached hydrogens (tertiary/aromatic N) is 3. The average Bonchev–Trinajstić information content (AvgIpc) is 3.06. The van der Waals surface area contributed by atoms with Crippen LogP contribution in [0.25, 0.3) is 0 Å². The summed E-state index contributed by atoms with van der Waals surface area (Å²) in [6.07, 6.45) is 0. The lowest BCUT2D eigenvalue weighted by Crippen LogP contribution is -2.27. The van der Waals surface area contributed by atoms with Crippen LogP contribution in [0, 0.1) is 0 Å². The number of rotatable bonds is 6. The molecule has 5 nitrogen and oxygen atoms in total. The molecule has 22 heavy (non-hydrogen) atoms. The minimum absolute atomic E-state index is 0.0436. The minimum Gasteiger partial charge on any atom is -0.355 e. The van der Waals surface area contributed by atoms with Crippen molar-refractivity contribution in [2.24, 2.45) is 0 Å². The molecule has 1 N–H and O–H groups in total. The van der Waals surface area contributed by atoms with Gasteiger partial charge in [0.15, 0.2) is 4.34 Å². The molecule has 0 radical (unpaired) electrons. The lowest BCUT2D eigenvalue weighted by atomic mass is 10.1. The van der Waals surface area contributed by atoms with Gasteiger partial charge in [-0.2, -0.15) is 11.3 Å². The quantitative estimate of drug-likeness (QED) is 0.802. The summed E-state index contributed by atoms with van der Waals surface area (Å²) in [4.78, 5) is 13.9. The van der Waals surface area contributed by atoms with Gasteiger partial charge in [-0.15, -0.1) is 10.2 Å². The largest absolute Gasteiger partial charge is 0.355 e. The SMILES string of the molecule is CN(Cc1ccsc1)C(=O)CSc1nnc(NC(C)(C)C)s1. The first kappa shape index (κ1) is 17.2. The monoisotopic (exact) mass is 356 g/mol. The lowest BCUT2D eigenvalue weighted by molar-refractivity contribution is -0.127. The highest BCUT2D eigenvalue weighted by Crippen LogP contribution is 2.27. The minimum atomic E-state index is -0.0436. The van der Waals surface area contributed by atoms with Gasteiger partial charge in [-0.1, -0.05) is 23.1 Å². The number of carbonyl (C=O) groups excluding carboxylic acids is 1.